The summed E-state index contributed by atoms with van der Waals surface area (Å²) in [4.78, 5) is 19.1. The van der Waals surface area contributed by atoms with E-state index in [9.17, 15) is 4.79 Å². The highest BCUT2D eigenvalue weighted by Gasteiger charge is 2.28. The summed E-state index contributed by atoms with van der Waals surface area (Å²) in [5.41, 5.74) is 4.84. The molecular formula is C25H22N4O2. The number of benzene rings is 2. The van der Waals surface area contributed by atoms with Gasteiger partial charge in [0.15, 0.2) is 0 Å². The minimum atomic E-state index is 0.0769. The Bertz CT molecular complexity index is 1200. The average molecular weight is 410 g/mol. The molecule has 5 rings (SSSR count). The summed E-state index contributed by atoms with van der Waals surface area (Å²) in [6, 6.07) is 19.8. The van der Waals surface area contributed by atoms with Crippen LogP contribution in [0.4, 0.5) is 0 Å². The summed E-state index contributed by atoms with van der Waals surface area (Å²) in [6.45, 7) is 3.28. The van der Waals surface area contributed by atoms with Crippen LogP contribution in [0, 0.1) is 6.92 Å². The number of pyridine rings is 1. The van der Waals surface area contributed by atoms with Crippen LogP contribution < -0.4 is 0 Å². The van der Waals surface area contributed by atoms with Gasteiger partial charge in [-0.05, 0) is 53.4 Å². The monoisotopic (exact) mass is 410 g/mol. The van der Waals surface area contributed by atoms with Crippen molar-refractivity contribution < 1.29 is 9.21 Å². The maximum Gasteiger partial charge on any atom is 0.253 e. The zero-order valence-corrected chi connectivity index (χ0v) is 17.2. The van der Waals surface area contributed by atoms with Crippen molar-refractivity contribution in [1.82, 2.24) is 20.1 Å². The summed E-state index contributed by atoms with van der Waals surface area (Å²) < 4.78 is 5.53. The largest absolute Gasteiger partial charge is 0.421 e. The zero-order chi connectivity index (χ0) is 21.2. The Kier molecular flexibility index (Phi) is 5.04. The van der Waals surface area contributed by atoms with E-state index in [1.54, 1.807) is 13.1 Å². The number of hydrogen-bond donors (Lipinski definition) is 0. The van der Waals surface area contributed by atoms with Crippen LogP contribution in [0.15, 0.2) is 77.5 Å². The van der Waals surface area contributed by atoms with E-state index in [1.807, 2.05) is 65.7 Å². The second-order valence-corrected chi connectivity index (χ2v) is 7.81. The van der Waals surface area contributed by atoms with Crippen LogP contribution in [-0.2, 0) is 0 Å². The molecule has 0 radical (unpaired) electrons. The third kappa shape index (κ3) is 3.97. The van der Waals surface area contributed by atoms with Crippen molar-refractivity contribution in [1.29, 1.82) is 0 Å². The predicted molar refractivity (Wildman–Crippen MR) is 117 cm³/mol. The van der Waals surface area contributed by atoms with Gasteiger partial charge in [0.1, 0.15) is 0 Å². The normalized spacial score (nSPS) is 15.9. The van der Waals surface area contributed by atoms with E-state index in [0.717, 1.165) is 36.2 Å². The molecular weight excluding hydrogens is 388 g/mol. The van der Waals surface area contributed by atoms with E-state index in [0.29, 0.717) is 23.3 Å². The smallest absolute Gasteiger partial charge is 0.253 e. The molecule has 1 atom stereocenters. The molecule has 1 amide bonds. The zero-order valence-electron chi connectivity index (χ0n) is 17.2. The number of rotatable bonds is 4. The van der Waals surface area contributed by atoms with Crippen molar-refractivity contribution >= 4 is 5.91 Å². The van der Waals surface area contributed by atoms with E-state index >= 15 is 0 Å². The van der Waals surface area contributed by atoms with Gasteiger partial charge in [-0.25, -0.2) is 0 Å². The van der Waals surface area contributed by atoms with Gasteiger partial charge in [-0.15, -0.1) is 10.2 Å². The van der Waals surface area contributed by atoms with Gasteiger partial charge in [0, 0.05) is 49.5 Å². The number of nitrogens with zero attached hydrogens (tertiary/aromatic N) is 4. The van der Waals surface area contributed by atoms with Crippen LogP contribution in [0.25, 0.3) is 22.6 Å². The van der Waals surface area contributed by atoms with Crippen LogP contribution in [-0.4, -0.2) is 39.1 Å². The SMILES string of the molecule is Cc1nnc(-c2cccc(-c3ccc(C(=O)N4CCC(c5cccnc5)C4)cc3)c2)o1. The maximum atomic E-state index is 13.0. The Balaban J connectivity index is 1.31. The Hall–Kier alpha value is -3.80. The van der Waals surface area contributed by atoms with Crippen molar-refractivity contribution in [2.45, 2.75) is 19.3 Å². The first-order valence-corrected chi connectivity index (χ1v) is 10.4. The number of aryl methyl sites for hydroxylation is 1. The van der Waals surface area contributed by atoms with Crippen molar-refractivity contribution in [2.75, 3.05) is 13.1 Å². The molecule has 1 saturated heterocycles. The van der Waals surface area contributed by atoms with Gasteiger partial charge in [0.05, 0.1) is 0 Å². The maximum absolute atomic E-state index is 13.0. The lowest BCUT2D eigenvalue weighted by molar-refractivity contribution is 0.0791. The molecule has 31 heavy (non-hydrogen) atoms. The first-order valence-electron chi connectivity index (χ1n) is 10.4. The second kappa shape index (κ2) is 8.14. The molecule has 0 spiro atoms. The highest BCUT2D eigenvalue weighted by atomic mass is 16.4. The summed E-state index contributed by atoms with van der Waals surface area (Å²) in [5, 5.41) is 7.99. The fourth-order valence-electron chi connectivity index (χ4n) is 4.07. The number of carbonyl (C=O) groups excluding carboxylic acids is 1. The van der Waals surface area contributed by atoms with Gasteiger partial charge in [-0.3, -0.25) is 9.78 Å². The molecule has 2 aromatic heterocycles. The first kappa shape index (κ1) is 19.2. The van der Waals surface area contributed by atoms with Crippen molar-refractivity contribution in [3.63, 3.8) is 0 Å². The second-order valence-electron chi connectivity index (χ2n) is 7.81. The standard InChI is InChI=1S/C25H22N4O2/c1-17-27-28-24(31-17)21-5-2-4-20(14-21)18-7-9-19(10-8-18)25(30)29-13-11-23(16-29)22-6-3-12-26-15-22/h2-10,12,14-15,23H,11,13,16H2,1H3. The Morgan fingerprint density at radius 1 is 1.00 bits per heavy atom. The summed E-state index contributed by atoms with van der Waals surface area (Å²) in [6.07, 6.45) is 4.65. The molecule has 0 bridgehead atoms. The first-order chi connectivity index (χ1) is 15.2. The molecule has 0 saturated carbocycles. The number of amides is 1. The summed E-state index contributed by atoms with van der Waals surface area (Å²) in [7, 11) is 0. The lowest BCUT2D eigenvalue weighted by atomic mass is 10.0. The molecule has 6 heteroatoms. The molecule has 6 nitrogen and oxygen atoms in total. The van der Waals surface area contributed by atoms with E-state index in [2.05, 4.69) is 21.2 Å². The molecule has 0 N–H and O–H groups in total. The summed E-state index contributed by atoms with van der Waals surface area (Å²) in [5.74, 6) is 1.47. The van der Waals surface area contributed by atoms with Crippen LogP contribution in [0.2, 0.25) is 0 Å². The van der Waals surface area contributed by atoms with Gasteiger partial charge in [-0.2, -0.15) is 0 Å². The fraction of sp³-hybridized carbons (Fsp3) is 0.200. The van der Waals surface area contributed by atoms with Gasteiger partial charge >= 0.3 is 0 Å². The predicted octanol–water partition coefficient (Wildman–Crippen LogP) is 4.74. The minimum absolute atomic E-state index is 0.0769. The van der Waals surface area contributed by atoms with Gasteiger partial charge in [0.2, 0.25) is 11.8 Å². The van der Waals surface area contributed by atoms with Crippen molar-refractivity contribution in [3.8, 4) is 22.6 Å². The van der Waals surface area contributed by atoms with Crippen LogP contribution in [0.3, 0.4) is 0 Å². The fourth-order valence-corrected chi connectivity index (χ4v) is 4.07. The number of carbonyl (C=O) groups is 1. The lowest BCUT2D eigenvalue weighted by Gasteiger charge is -2.17. The molecule has 1 aliphatic heterocycles. The molecule has 2 aromatic carbocycles. The molecule has 0 aliphatic carbocycles. The van der Waals surface area contributed by atoms with E-state index in [4.69, 9.17) is 4.42 Å². The molecule has 4 aromatic rings. The third-order valence-electron chi connectivity index (χ3n) is 5.73. The van der Waals surface area contributed by atoms with E-state index in [-0.39, 0.29) is 5.91 Å². The number of hydrogen-bond acceptors (Lipinski definition) is 5. The Morgan fingerprint density at radius 2 is 1.84 bits per heavy atom. The van der Waals surface area contributed by atoms with Crippen LogP contribution in [0.5, 0.6) is 0 Å². The van der Waals surface area contributed by atoms with Gasteiger partial charge < -0.3 is 9.32 Å². The Morgan fingerprint density at radius 3 is 2.58 bits per heavy atom. The number of likely N-dealkylation sites (tertiary alicyclic amines) is 1. The lowest BCUT2D eigenvalue weighted by Crippen LogP contribution is -2.28. The summed E-state index contributed by atoms with van der Waals surface area (Å²) >= 11 is 0. The van der Waals surface area contributed by atoms with Gasteiger partial charge in [0.25, 0.3) is 5.91 Å². The molecule has 1 fully saturated rings. The quantitative estimate of drug-likeness (QED) is 0.486. The topological polar surface area (TPSA) is 72.1 Å². The van der Waals surface area contributed by atoms with Crippen molar-refractivity contribution in [2.24, 2.45) is 0 Å². The van der Waals surface area contributed by atoms with Crippen LogP contribution >= 0.6 is 0 Å². The van der Waals surface area contributed by atoms with E-state index in [1.165, 1.54) is 5.56 Å². The molecule has 1 unspecified atom stereocenters. The van der Waals surface area contributed by atoms with E-state index < -0.39 is 0 Å². The highest BCUT2D eigenvalue weighted by Crippen LogP contribution is 2.29. The molecule has 1 aliphatic rings. The molecule has 154 valence electrons. The molecule has 3 heterocycles. The van der Waals surface area contributed by atoms with Crippen LogP contribution in [0.1, 0.15) is 34.2 Å². The average Bonchev–Trinajstić information content (AvgIpc) is 3.49. The minimum Gasteiger partial charge on any atom is -0.421 e. The third-order valence-corrected chi connectivity index (χ3v) is 5.73. The Labute approximate surface area is 180 Å². The number of aromatic nitrogens is 3. The van der Waals surface area contributed by atoms with Gasteiger partial charge in [-0.1, -0.05) is 30.3 Å². The van der Waals surface area contributed by atoms with Crippen molar-refractivity contribution in [3.05, 3.63) is 90.1 Å². The highest BCUT2D eigenvalue weighted by molar-refractivity contribution is 5.95.